The van der Waals surface area contributed by atoms with Crippen LogP contribution in [0.3, 0.4) is 0 Å². The highest BCUT2D eigenvalue weighted by molar-refractivity contribution is 4.83. The Morgan fingerprint density at radius 3 is 1.00 bits per heavy atom. The van der Waals surface area contributed by atoms with Crippen LogP contribution in [0.15, 0.2) is 61.2 Å². The monoisotopic (exact) mass is 444 g/mol. The van der Waals surface area contributed by atoms with Gasteiger partial charge >= 0.3 is 0 Å². The van der Waals surface area contributed by atoms with Crippen molar-refractivity contribution >= 4 is 0 Å². The predicted molar refractivity (Wildman–Crippen MR) is 65.2 cm³/mol. The van der Waals surface area contributed by atoms with E-state index in [2.05, 4.69) is 0 Å². The van der Waals surface area contributed by atoms with Crippen LogP contribution in [0.1, 0.15) is 0 Å². The SMILES string of the molecule is [O-][Cl+3]([O-])([O-])[O-].[O-][Cl+3]([O-])([O-])[O-].c1cc[n+](COCCOC[n+]2ccccc2)cc1. The average molecular weight is 445 g/mol. The maximum Gasteiger partial charge on any atom is 0.252 e. The first-order valence-electron chi connectivity index (χ1n) is 7.22. The lowest BCUT2D eigenvalue weighted by Crippen LogP contribution is -2.68. The van der Waals surface area contributed by atoms with Gasteiger partial charge in [0.15, 0.2) is 24.8 Å². The van der Waals surface area contributed by atoms with Crippen LogP contribution in [-0.2, 0) is 22.9 Å². The quantitative estimate of drug-likeness (QED) is 0.290. The molecule has 158 valence electrons. The minimum Gasteiger partial charge on any atom is -0.321 e. The van der Waals surface area contributed by atoms with E-state index < -0.39 is 20.5 Å². The van der Waals surface area contributed by atoms with Crippen molar-refractivity contribution in [2.45, 2.75) is 13.5 Å². The molecule has 0 fully saturated rings. The van der Waals surface area contributed by atoms with Crippen LogP contribution in [0.2, 0.25) is 0 Å². The minimum atomic E-state index is -4.94. The number of ether oxygens (including phenoxy) is 2. The zero-order valence-electron chi connectivity index (χ0n) is 14.3. The minimum absolute atomic E-state index is 0.558. The summed E-state index contributed by atoms with van der Waals surface area (Å²) >= 11 is 0. The van der Waals surface area contributed by atoms with Gasteiger partial charge in [0.1, 0.15) is 0 Å². The third kappa shape index (κ3) is 24.5. The fourth-order valence-electron chi connectivity index (χ4n) is 1.50. The Morgan fingerprint density at radius 1 is 0.500 bits per heavy atom. The van der Waals surface area contributed by atoms with Gasteiger partial charge in [-0.1, -0.05) is 12.1 Å². The molecule has 0 amide bonds. The first kappa shape index (κ1) is 26.5. The van der Waals surface area contributed by atoms with Crippen LogP contribution in [0.4, 0.5) is 0 Å². The maximum absolute atomic E-state index is 8.49. The number of halogens is 2. The molecule has 0 bridgehead atoms. The van der Waals surface area contributed by atoms with Crippen molar-refractivity contribution in [3.8, 4) is 0 Å². The molecule has 2 heterocycles. The van der Waals surface area contributed by atoms with Gasteiger partial charge in [0, 0.05) is 24.3 Å². The van der Waals surface area contributed by atoms with Gasteiger partial charge in [-0.3, -0.25) is 0 Å². The summed E-state index contributed by atoms with van der Waals surface area (Å²) < 4.78 is 82.9. The Balaban J connectivity index is 0.000000607. The van der Waals surface area contributed by atoms with E-state index in [9.17, 15) is 0 Å². The first-order chi connectivity index (χ1) is 12.9. The molecule has 0 aliphatic rings. The Morgan fingerprint density at radius 2 is 0.750 bits per heavy atom. The van der Waals surface area contributed by atoms with Gasteiger partial charge in [-0.15, -0.1) is 20.5 Å². The fraction of sp³-hybridized carbons (Fsp3) is 0.286. The summed E-state index contributed by atoms with van der Waals surface area (Å²) in [6.07, 6.45) is 7.89. The molecule has 0 unspecified atom stereocenters. The van der Waals surface area contributed by atoms with Crippen LogP contribution < -0.4 is 46.4 Å². The van der Waals surface area contributed by atoms with Crippen LogP contribution >= 0.6 is 0 Å². The lowest BCUT2D eigenvalue weighted by atomic mass is 10.5. The van der Waals surface area contributed by atoms with Crippen LogP contribution in [-0.4, -0.2) is 13.2 Å². The lowest BCUT2D eigenvalue weighted by Gasteiger charge is -2.17. The number of rotatable bonds is 7. The van der Waals surface area contributed by atoms with E-state index in [1.807, 2.05) is 70.3 Å². The number of hydrogen-bond acceptors (Lipinski definition) is 10. The second-order valence-electron chi connectivity index (χ2n) is 4.61. The molecule has 0 aliphatic heterocycles. The summed E-state index contributed by atoms with van der Waals surface area (Å²) in [7, 11) is -9.89. The smallest absolute Gasteiger partial charge is 0.252 e. The standard InChI is InChI=1S/C14H18N2O2.2ClHO4/c1-3-7-15(8-4-1)13-17-11-12-18-14-16-9-5-2-6-10-16;2*2-1(3,4)5/h1-10H,11-14H2;2*(H,2,3,4,5)/q+2;;/p-2. The average Bonchev–Trinajstić information content (AvgIpc) is 2.57. The van der Waals surface area contributed by atoms with Gasteiger partial charge in [0.2, 0.25) is 0 Å². The number of hydrogen-bond donors (Lipinski definition) is 0. The second kappa shape index (κ2) is 14.5. The molecular formula is C14H18Cl2N2O10. The first-order valence-corrected chi connectivity index (χ1v) is 9.69. The van der Waals surface area contributed by atoms with Gasteiger partial charge in [-0.05, 0) is 0 Å². The highest BCUT2D eigenvalue weighted by Crippen LogP contribution is 1.82. The van der Waals surface area contributed by atoms with Gasteiger partial charge in [0.25, 0.3) is 13.5 Å². The highest BCUT2D eigenvalue weighted by Gasteiger charge is 1.99. The topological polar surface area (TPSA) is 211 Å². The van der Waals surface area contributed by atoms with Crippen molar-refractivity contribution in [2.75, 3.05) is 13.2 Å². The molecule has 2 rings (SSSR count). The van der Waals surface area contributed by atoms with Crippen molar-refractivity contribution in [2.24, 2.45) is 0 Å². The van der Waals surface area contributed by atoms with E-state index in [4.69, 9.17) is 46.7 Å². The third-order valence-electron chi connectivity index (χ3n) is 2.41. The number of nitrogens with zero attached hydrogens (tertiary/aromatic N) is 2. The van der Waals surface area contributed by atoms with Crippen molar-refractivity contribution in [1.29, 1.82) is 0 Å². The Kier molecular flexibility index (Phi) is 13.7. The van der Waals surface area contributed by atoms with Gasteiger partial charge in [0.05, 0.1) is 13.2 Å². The summed E-state index contributed by atoms with van der Waals surface area (Å²) in [6, 6.07) is 11.9. The van der Waals surface area contributed by atoms with Crippen LogP contribution in [0.5, 0.6) is 0 Å². The summed E-state index contributed by atoms with van der Waals surface area (Å²) in [5.74, 6) is 0. The molecule has 0 N–H and O–H groups in total. The summed E-state index contributed by atoms with van der Waals surface area (Å²) in [4.78, 5) is 0. The molecule has 28 heavy (non-hydrogen) atoms. The van der Waals surface area contributed by atoms with Gasteiger partial charge in [-0.25, -0.2) is 37.3 Å². The van der Waals surface area contributed by atoms with E-state index in [1.165, 1.54) is 0 Å². The summed E-state index contributed by atoms with van der Waals surface area (Å²) in [5.41, 5.74) is 0. The maximum atomic E-state index is 8.49. The highest BCUT2D eigenvalue weighted by atomic mass is 35.7. The second-order valence-corrected chi connectivity index (χ2v) is 6.12. The molecule has 0 radical (unpaired) electrons. The van der Waals surface area contributed by atoms with E-state index in [0.29, 0.717) is 26.7 Å². The summed E-state index contributed by atoms with van der Waals surface area (Å²) in [5, 5.41) is 0. The van der Waals surface area contributed by atoms with E-state index >= 15 is 0 Å². The molecule has 2 aromatic rings. The van der Waals surface area contributed by atoms with E-state index in [1.54, 1.807) is 0 Å². The largest absolute Gasteiger partial charge is 0.321 e. The number of aromatic nitrogens is 2. The molecule has 0 aliphatic carbocycles. The van der Waals surface area contributed by atoms with Gasteiger partial charge < -0.3 is 9.47 Å². The molecule has 0 spiro atoms. The van der Waals surface area contributed by atoms with Crippen molar-refractivity contribution in [3.63, 3.8) is 0 Å². The molecule has 14 heteroatoms. The molecule has 0 saturated carbocycles. The van der Waals surface area contributed by atoms with E-state index in [-0.39, 0.29) is 0 Å². The number of pyridine rings is 2. The fourth-order valence-corrected chi connectivity index (χ4v) is 1.50. The van der Waals surface area contributed by atoms with Crippen molar-refractivity contribution in [3.05, 3.63) is 61.2 Å². The van der Waals surface area contributed by atoms with E-state index in [0.717, 1.165) is 0 Å². The molecule has 0 aromatic carbocycles. The Labute approximate surface area is 164 Å². The zero-order chi connectivity index (χ0) is 21.5. The molecule has 12 nitrogen and oxygen atoms in total. The molecule has 2 aromatic heterocycles. The van der Waals surface area contributed by atoms with Crippen molar-refractivity contribution < 1.29 is 76.4 Å². The summed E-state index contributed by atoms with van der Waals surface area (Å²) in [6.45, 7) is 2.30. The Bertz CT molecular complexity index is 544. The van der Waals surface area contributed by atoms with Crippen LogP contribution in [0.25, 0.3) is 0 Å². The predicted octanol–water partition coefficient (Wildman–Crippen LogP) is -8.60. The molecule has 0 saturated heterocycles. The van der Waals surface area contributed by atoms with Crippen molar-refractivity contribution in [1.82, 2.24) is 0 Å². The molecule has 0 atom stereocenters. The lowest BCUT2D eigenvalue weighted by molar-refractivity contribution is -2.00. The normalized spacial score (nSPS) is 11.0. The van der Waals surface area contributed by atoms with Crippen LogP contribution in [0, 0.1) is 20.5 Å². The zero-order valence-corrected chi connectivity index (χ0v) is 15.8. The third-order valence-corrected chi connectivity index (χ3v) is 2.41. The molecular weight excluding hydrogens is 427 g/mol. The van der Waals surface area contributed by atoms with Gasteiger partial charge in [-0.2, -0.15) is 9.13 Å². The Hall–Kier alpha value is -1.52.